The first-order valence-electron chi connectivity index (χ1n) is 10.0. The Hall–Kier alpha value is -2.93. The van der Waals surface area contributed by atoms with Gasteiger partial charge in [0, 0.05) is 31.9 Å². The quantitative estimate of drug-likeness (QED) is 0.710. The van der Waals surface area contributed by atoms with E-state index < -0.39 is 6.04 Å². The van der Waals surface area contributed by atoms with Gasteiger partial charge in [0.05, 0.1) is 24.7 Å². The summed E-state index contributed by atoms with van der Waals surface area (Å²) >= 11 is 0. The number of amides is 2. The zero-order chi connectivity index (χ0) is 20.6. The molecular weight excluding hydrogens is 366 g/mol. The molecule has 7 nitrogen and oxygen atoms in total. The van der Waals surface area contributed by atoms with E-state index in [1.165, 1.54) is 0 Å². The number of nitrogens with one attached hydrogen (secondary N) is 2. The zero-order valence-electron chi connectivity index (χ0n) is 17.1. The van der Waals surface area contributed by atoms with Gasteiger partial charge in [0.1, 0.15) is 0 Å². The number of hydrogen-bond donors (Lipinski definition) is 2. The average molecular weight is 396 g/mol. The number of hydrogen-bond acceptors (Lipinski definition) is 4. The van der Waals surface area contributed by atoms with Gasteiger partial charge in [-0.3, -0.25) is 19.2 Å². The Morgan fingerprint density at radius 1 is 1.31 bits per heavy atom. The summed E-state index contributed by atoms with van der Waals surface area (Å²) in [5.41, 5.74) is 3.15. The molecule has 3 rings (SSSR count). The van der Waals surface area contributed by atoms with Crippen molar-refractivity contribution >= 4 is 17.9 Å². The normalized spacial score (nSPS) is 17.4. The van der Waals surface area contributed by atoms with Crippen LogP contribution < -0.4 is 10.6 Å². The standard InChI is InChI=1S/C22H29N5O2/c1-17-15-18(2)27(25-17)14-11-23-21(28)16-20-22(29)24-10-13-26(20)12-6-9-19-7-4-3-5-8-19/h3-9,15,20H,10-14,16H2,1-2H3,(H,23,28)(H,24,29)/b9-6+/t20-/m1/s1. The largest absolute Gasteiger partial charge is 0.354 e. The Labute approximate surface area is 171 Å². The van der Waals surface area contributed by atoms with Crippen molar-refractivity contribution in [3.05, 3.63) is 59.4 Å². The molecule has 1 aromatic heterocycles. The van der Waals surface area contributed by atoms with E-state index in [0.717, 1.165) is 23.5 Å². The van der Waals surface area contributed by atoms with Gasteiger partial charge in [0.2, 0.25) is 11.8 Å². The summed E-state index contributed by atoms with van der Waals surface area (Å²) in [5, 5.41) is 10.2. The molecule has 1 atom stereocenters. The van der Waals surface area contributed by atoms with E-state index in [9.17, 15) is 9.59 Å². The zero-order valence-corrected chi connectivity index (χ0v) is 17.1. The van der Waals surface area contributed by atoms with Crippen molar-refractivity contribution < 1.29 is 9.59 Å². The van der Waals surface area contributed by atoms with Crippen LogP contribution in [0.4, 0.5) is 0 Å². The molecule has 29 heavy (non-hydrogen) atoms. The van der Waals surface area contributed by atoms with Crippen molar-refractivity contribution in [2.24, 2.45) is 0 Å². The van der Waals surface area contributed by atoms with Gasteiger partial charge < -0.3 is 10.6 Å². The lowest BCUT2D eigenvalue weighted by Crippen LogP contribution is -2.56. The molecule has 1 fully saturated rings. The maximum atomic E-state index is 12.4. The van der Waals surface area contributed by atoms with Crippen LogP contribution in [0.2, 0.25) is 0 Å². The van der Waals surface area contributed by atoms with Gasteiger partial charge in [-0.15, -0.1) is 0 Å². The highest BCUT2D eigenvalue weighted by molar-refractivity contribution is 5.88. The Morgan fingerprint density at radius 3 is 2.83 bits per heavy atom. The third-order valence-corrected chi connectivity index (χ3v) is 5.02. The number of nitrogens with zero attached hydrogens (tertiary/aromatic N) is 3. The topological polar surface area (TPSA) is 79.3 Å². The molecule has 2 amide bonds. The summed E-state index contributed by atoms with van der Waals surface area (Å²) in [6, 6.07) is 11.6. The Kier molecular flexibility index (Phi) is 7.19. The minimum atomic E-state index is -0.446. The van der Waals surface area contributed by atoms with Gasteiger partial charge in [-0.05, 0) is 25.5 Å². The molecule has 1 aliphatic rings. The number of piperazine rings is 1. The van der Waals surface area contributed by atoms with Gasteiger partial charge in [0.15, 0.2) is 0 Å². The highest BCUT2D eigenvalue weighted by atomic mass is 16.2. The molecule has 1 aromatic carbocycles. The third-order valence-electron chi connectivity index (χ3n) is 5.02. The van der Waals surface area contributed by atoms with Crippen LogP contribution >= 0.6 is 0 Å². The van der Waals surface area contributed by atoms with Crippen molar-refractivity contribution in [2.75, 3.05) is 26.2 Å². The summed E-state index contributed by atoms with van der Waals surface area (Å²) in [5.74, 6) is -0.205. The Balaban J connectivity index is 1.50. The molecule has 1 saturated heterocycles. The predicted octanol–water partition coefficient (Wildman–Crippen LogP) is 1.52. The van der Waals surface area contributed by atoms with Crippen LogP contribution in [0.25, 0.3) is 6.08 Å². The number of carbonyl (C=O) groups excluding carboxylic acids is 2. The maximum absolute atomic E-state index is 12.4. The fraction of sp³-hybridized carbons (Fsp3) is 0.409. The fourth-order valence-corrected chi connectivity index (χ4v) is 3.54. The molecule has 0 aliphatic carbocycles. The predicted molar refractivity (Wildman–Crippen MR) is 113 cm³/mol. The molecule has 154 valence electrons. The van der Waals surface area contributed by atoms with E-state index in [1.54, 1.807) is 0 Å². The second-order valence-corrected chi connectivity index (χ2v) is 7.32. The molecule has 0 saturated carbocycles. The van der Waals surface area contributed by atoms with Gasteiger partial charge in [-0.2, -0.15) is 5.10 Å². The van der Waals surface area contributed by atoms with E-state index in [-0.39, 0.29) is 18.2 Å². The molecule has 0 radical (unpaired) electrons. The molecule has 2 heterocycles. The first kappa shape index (κ1) is 20.8. The van der Waals surface area contributed by atoms with E-state index in [2.05, 4.69) is 20.6 Å². The van der Waals surface area contributed by atoms with E-state index in [4.69, 9.17) is 0 Å². The monoisotopic (exact) mass is 395 g/mol. The smallest absolute Gasteiger partial charge is 0.237 e. The molecule has 1 aliphatic heterocycles. The molecular formula is C22H29N5O2. The van der Waals surface area contributed by atoms with Crippen molar-refractivity contribution in [1.82, 2.24) is 25.3 Å². The van der Waals surface area contributed by atoms with Crippen LogP contribution in [0.15, 0.2) is 42.5 Å². The molecule has 2 N–H and O–H groups in total. The van der Waals surface area contributed by atoms with Crippen molar-refractivity contribution in [3.8, 4) is 0 Å². The summed E-state index contributed by atoms with van der Waals surface area (Å²) in [4.78, 5) is 26.8. The Morgan fingerprint density at radius 2 is 2.10 bits per heavy atom. The van der Waals surface area contributed by atoms with Crippen LogP contribution in [0.3, 0.4) is 0 Å². The lowest BCUT2D eigenvalue weighted by molar-refractivity contribution is -0.133. The van der Waals surface area contributed by atoms with Crippen LogP contribution in [0.1, 0.15) is 23.4 Å². The van der Waals surface area contributed by atoms with Gasteiger partial charge in [-0.1, -0.05) is 42.5 Å². The van der Waals surface area contributed by atoms with E-state index in [1.807, 2.05) is 67.1 Å². The maximum Gasteiger partial charge on any atom is 0.237 e. The summed E-state index contributed by atoms with van der Waals surface area (Å²) in [6.07, 6.45) is 4.24. The third kappa shape index (κ3) is 6.02. The molecule has 0 bridgehead atoms. The summed E-state index contributed by atoms with van der Waals surface area (Å²) in [7, 11) is 0. The summed E-state index contributed by atoms with van der Waals surface area (Å²) in [6.45, 7) is 7.02. The minimum Gasteiger partial charge on any atom is -0.354 e. The first-order valence-corrected chi connectivity index (χ1v) is 10.0. The SMILES string of the molecule is Cc1cc(C)n(CCNC(=O)C[C@@H]2C(=O)NCCN2C/C=C/c2ccccc2)n1. The summed E-state index contributed by atoms with van der Waals surface area (Å²) < 4.78 is 1.88. The highest BCUT2D eigenvalue weighted by Crippen LogP contribution is 2.10. The lowest BCUT2D eigenvalue weighted by Gasteiger charge is -2.33. The molecule has 2 aromatic rings. The van der Waals surface area contributed by atoms with Gasteiger partial charge >= 0.3 is 0 Å². The number of carbonyl (C=O) groups is 2. The number of rotatable bonds is 8. The van der Waals surface area contributed by atoms with Crippen LogP contribution in [0.5, 0.6) is 0 Å². The molecule has 0 unspecified atom stereocenters. The fourth-order valence-electron chi connectivity index (χ4n) is 3.54. The number of aromatic nitrogens is 2. The number of aryl methyl sites for hydroxylation is 2. The van der Waals surface area contributed by atoms with Crippen molar-refractivity contribution in [3.63, 3.8) is 0 Å². The molecule has 0 spiro atoms. The number of benzene rings is 1. The van der Waals surface area contributed by atoms with Crippen LogP contribution in [-0.2, 0) is 16.1 Å². The van der Waals surface area contributed by atoms with Crippen LogP contribution in [0, 0.1) is 13.8 Å². The molecule has 7 heteroatoms. The average Bonchev–Trinajstić information content (AvgIpc) is 3.02. The lowest BCUT2D eigenvalue weighted by atomic mass is 10.1. The van der Waals surface area contributed by atoms with Crippen molar-refractivity contribution in [2.45, 2.75) is 32.9 Å². The second kappa shape index (κ2) is 10.0. The highest BCUT2D eigenvalue weighted by Gasteiger charge is 2.30. The van der Waals surface area contributed by atoms with E-state index in [0.29, 0.717) is 26.2 Å². The van der Waals surface area contributed by atoms with Gasteiger partial charge in [-0.25, -0.2) is 0 Å². The first-order chi connectivity index (χ1) is 14.0. The minimum absolute atomic E-state index is 0.0851. The Bertz CT molecular complexity index is 859. The van der Waals surface area contributed by atoms with Gasteiger partial charge in [0.25, 0.3) is 0 Å². The second-order valence-electron chi connectivity index (χ2n) is 7.32. The van der Waals surface area contributed by atoms with Crippen LogP contribution in [-0.4, -0.2) is 58.7 Å². The van der Waals surface area contributed by atoms with Crippen molar-refractivity contribution in [1.29, 1.82) is 0 Å². The van der Waals surface area contributed by atoms with E-state index >= 15 is 0 Å².